The molecule has 2 N–H and O–H groups in total. The summed E-state index contributed by atoms with van der Waals surface area (Å²) in [6.07, 6.45) is 5.14. The van der Waals surface area contributed by atoms with E-state index in [0.29, 0.717) is 0 Å². The fourth-order valence-electron chi connectivity index (χ4n) is 3.44. The van der Waals surface area contributed by atoms with Crippen LogP contribution in [0.25, 0.3) is 0 Å². The molecule has 0 bridgehead atoms. The average Bonchev–Trinajstić information content (AvgIpc) is 3.32. The molecular formula is C18H37IN4O. The van der Waals surface area contributed by atoms with Crippen molar-refractivity contribution < 1.29 is 4.74 Å². The highest BCUT2D eigenvalue weighted by atomic mass is 127. The maximum atomic E-state index is 5.65. The normalized spacial score (nSPS) is 25.2. The zero-order chi connectivity index (χ0) is 16.5. The van der Waals surface area contributed by atoms with Crippen molar-refractivity contribution in [2.75, 3.05) is 53.0 Å². The van der Waals surface area contributed by atoms with Crippen LogP contribution < -0.4 is 10.6 Å². The molecule has 2 atom stereocenters. The van der Waals surface area contributed by atoms with E-state index in [4.69, 9.17) is 4.74 Å². The van der Waals surface area contributed by atoms with Gasteiger partial charge in [-0.15, -0.1) is 24.0 Å². The number of hydrogen-bond acceptors (Lipinski definition) is 3. The van der Waals surface area contributed by atoms with Crippen LogP contribution in [-0.4, -0.2) is 63.8 Å². The Morgan fingerprint density at radius 1 is 1.12 bits per heavy atom. The molecule has 0 aromatic rings. The molecule has 0 amide bonds. The highest BCUT2D eigenvalue weighted by Crippen LogP contribution is 2.28. The molecule has 0 aromatic heterocycles. The van der Waals surface area contributed by atoms with Crippen LogP contribution in [0.4, 0.5) is 0 Å². The molecular weight excluding hydrogens is 415 g/mol. The van der Waals surface area contributed by atoms with E-state index in [1.54, 1.807) is 0 Å². The van der Waals surface area contributed by atoms with Gasteiger partial charge in [0.05, 0.1) is 0 Å². The zero-order valence-corrected chi connectivity index (χ0v) is 18.1. The lowest BCUT2D eigenvalue weighted by molar-refractivity contribution is 0.123. The lowest BCUT2D eigenvalue weighted by Gasteiger charge is -2.35. The smallest absolute Gasteiger partial charge is 0.191 e. The molecule has 1 saturated heterocycles. The number of rotatable bonds is 9. The fraction of sp³-hybridized carbons (Fsp3) is 0.944. The third-order valence-corrected chi connectivity index (χ3v) is 4.70. The van der Waals surface area contributed by atoms with E-state index in [1.165, 1.54) is 32.4 Å². The number of ether oxygens (including phenoxy) is 1. The van der Waals surface area contributed by atoms with Crippen LogP contribution in [0.15, 0.2) is 4.99 Å². The minimum Gasteiger partial charge on any atom is -0.381 e. The van der Waals surface area contributed by atoms with Gasteiger partial charge in [0.2, 0.25) is 0 Å². The molecule has 5 nitrogen and oxygen atoms in total. The van der Waals surface area contributed by atoms with Crippen LogP contribution in [0.5, 0.6) is 0 Å². The van der Waals surface area contributed by atoms with Crippen LogP contribution in [0.3, 0.4) is 0 Å². The van der Waals surface area contributed by atoms with E-state index in [2.05, 4.69) is 34.4 Å². The first-order valence-electron chi connectivity index (χ1n) is 9.42. The summed E-state index contributed by atoms with van der Waals surface area (Å²) in [5.74, 6) is 3.42. The first-order chi connectivity index (χ1) is 11.2. The summed E-state index contributed by atoms with van der Waals surface area (Å²) in [6.45, 7) is 12.0. The van der Waals surface area contributed by atoms with E-state index in [1.807, 2.05) is 7.05 Å². The van der Waals surface area contributed by atoms with E-state index >= 15 is 0 Å². The van der Waals surface area contributed by atoms with Crippen LogP contribution >= 0.6 is 24.0 Å². The standard InChI is InChI=1S/C18H36N4O.HI/c1-15-11-16(2)13-22(12-15)9-8-21-18(19-3)20-7-4-10-23-14-17-5-6-17;/h15-17H,4-14H2,1-3H3,(H2,19,20,21);1H. The van der Waals surface area contributed by atoms with Crippen molar-refractivity contribution in [1.29, 1.82) is 0 Å². The Morgan fingerprint density at radius 3 is 2.42 bits per heavy atom. The number of piperidine rings is 1. The Hall–Kier alpha value is -0.0800. The number of guanidine groups is 1. The molecule has 24 heavy (non-hydrogen) atoms. The topological polar surface area (TPSA) is 48.9 Å². The summed E-state index contributed by atoms with van der Waals surface area (Å²) in [5.41, 5.74) is 0. The van der Waals surface area contributed by atoms with Crippen molar-refractivity contribution in [2.24, 2.45) is 22.7 Å². The molecule has 1 aliphatic carbocycles. The number of nitrogens with one attached hydrogen (secondary N) is 2. The number of halogens is 1. The van der Waals surface area contributed by atoms with Gasteiger partial charge in [-0.05, 0) is 43.4 Å². The second-order valence-corrected chi connectivity index (χ2v) is 7.50. The van der Waals surface area contributed by atoms with E-state index in [-0.39, 0.29) is 24.0 Å². The van der Waals surface area contributed by atoms with Crippen molar-refractivity contribution in [3.8, 4) is 0 Å². The lowest BCUT2D eigenvalue weighted by Crippen LogP contribution is -2.45. The summed E-state index contributed by atoms with van der Waals surface area (Å²) >= 11 is 0. The number of nitrogens with zero attached hydrogens (tertiary/aromatic N) is 2. The van der Waals surface area contributed by atoms with Gasteiger partial charge in [-0.25, -0.2) is 0 Å². The SMILES string of the molecule is CN=C(NCCCOCC1CC1)NCCN1CC(C)CC(C)C1.I. The molecule has 2 rings (SSSR count). The Balaban J connectivity index is 0.00000288. The van der Waals surface area contributed by atoms with Gasteiger partial charge in [-0.2, -0.15) is 0 Å². The van der Waals surface area contributed by atoms with E-state index in [0.717, 1.165) is 63.0 Å². The first-order valence-corrected chi connectivity index (χ1v) is 9.42. The van der Waals surface area contributed by atoms with Gasteiger partial charge >= 0.3 is 0 Å². The zero-order valence-electron chi connectivity index (χ0n) is 15.7. The minimum absolute atomic E-state index is 0. The highest BCUT2D eigenvalue weighted by molar-refractivity contribution is 14.0. The van der Waals surface area contributed by atoms with Crippen molar-refractivity contribution >= 4 is 29.9 Å². The van der Waals surface area contributed by atoms with Gasteiger partial charge in [0.15, 0.2) is 5.96 Å². The van der Waals surface area contributed by atoms with Crippen molar-refractivity contribution in [2.45, 2.75) is 39.5 Å². The Bertz CT molecular complexity index is 353. The van der Waals surface area contributed by atoms with Crippen molar-refractivity contribution in [3.05, 3.63) is 0 Å². The molecule has 142 valence electrons. The fourth-order valence-corrected chi connectivity index (χ4v) is 3.44. The molecule has 2 unspecified atom stereocenters. The second-order valence-electron chi connectivity index (χ2n) is 7.50. The molecule has 1 saturated carbocycles. The summed E-state index contributed by atoms with van der Waals surface area (Å²) in [6, 6.07) is 0. The van der Waals surface area contributed by atoms with Crippen molar-refractivity contribution in [3.63, 3.8) is 0 Å². The third-order valence-electron chi connectivity index (χ3n) is 4.70. The highest BCUT2D eigenvalue weighted by Gasteiger charge is 2.21. The molecule has 1 heterocycles. The number of likely N-dealkylation sites (tertiary alicyclic amines) is 1. The summed E-state index contributed by atoms with van der Waals surface area (Å²) in [4.78, 5) is 6.87. The Kier molecular flexibility index (Phi) is 11.3. The van der Waals surface area contributed by atoms with Gasteiger partial charge in [0, 0.05) is 53.0 Å². The van der Waals surface area contributed by atoms with Crippen LogP contribution in [0.2, 0.25) is 0 Å². The summed E-state index contributed by atoms with van der Waals surface area (Å²) in [5, 5.41) is 6.79. The second kappa shape index (κ2) is 12.3. The summed E-state index contributed by atoms with van der Waals surface area (Å²) in [7, 11) is 1.84. The van der Waals surface area contributed by atoms with E-state index < -0.39 is 0 Å². The molecule has 0 radical (unpaired) electrons. The maximum Gasteiger partial charge on any atom is 0.191 e. The predicted molar refractivity (Wildman–Crippen MR) is 112 cm³/mol. The number of hydrogen-bond donors (Lipinski definition) is 2. The van der Waals surface area contributed by atoms with Crippen LogP contribution in [0.1, 0.15) is 39.5 Å². The lowest BCUT2D eigenvalue weighted by atomic mass is 9.92. The Labute approximate surface area is 165 Å². The van der Waals surface area contributed by atoms with Gasteiger partial charge in [0.1, 0.15) is 0 Å². The largest absolute Gasteiger partial charge is 0.381 e. The minimum atomic E-state index is 0. The van der Waals surface area contributed by atoms with Gasteiger partial charge in [-0.1, -0.05) is 13.8 Å². The van der Waals surface area contributed by atoms with Gasteiger partial charge in [0.25, 0.3) is 0 Å². The van der Waals surface area contributed by atoms with Crippen LogP contribution in [0, 0.1) is 17.8 Å². The first kappa shape index (κ1) is 22.0. The van der Waals surface area contributed by atoms with Gasteiger partial charge < -0.3 is 20.3 Å². The molecule has 0 spiro atoms. The molecule has 1 aliphatic heterocycles. The Morgan fingerprint density at radius 2 is 1.79 bits per heavy atom. The molecule has 2 aliphatic rings. The maximum absolute atomic E-state index is 5.65. The number of aliphatic imine (C=N–C) groups is 1. The van der Waals surface area contributed by atoms with E-state index in [9.17, 15) is 0 Å². The average molecular weight is 452 g/mol. The molecule has 0 aromatic carbocycles. The quantitative estimate of drug-likeness (QED) is 0.244. The molecule has 2 fully saturated rings. The summed E-state index contributed by atoms with van der Waals surface area (Å²) < 4.78 is 5.65. The van der Waals surface area contributed by atoms with Crippen LogP contribution in [-0.2, 0) is 4.74 Å². The van der Waals surface area contributed by atoms with Gasteiger partial charge in [-0.3, -0.25) is 4.99 Å². The molecule has 6 heteroatoms. The predicted octanol–water partition coefficient (Wildman–Crippen LogP) is 2.56. The monoisotopic (exact) mass is 452 g/mol. The third kappa shape index (κ3) is 9.42. The van der Waals surface area contributed by atoms with Crippen molar-refractivity contribution in [1.82, 2.24) is 15.5 Å².